The summed E-state index contributed by atoms with van der Waals surface area (Å²) in [4.78, 5) is 7.02. The molecule has 8 heteroatoms. The zero-order chi connectivity index (χ0) is 15.8. The molecule has 0 aromatic carbocycles. The summed E-state index contributed by atoms with van der Waals surface area (Å²) in [6.07, 6.45) is 2.99. The van der Waals surface area contributed by atoms with Gasteiger partial charge in [-0.3, -0.25) is 0 Å². The Labute approximate surface area is 131 Å². The topological polar surface area (TPSA) is 95.1 Å². The zero-order valence-electron chi connectivity index (χ0n) is 11.8. The lowest BCUT2D eigenvalue weighted by Crippen LogP contribution is -2.38. The molecule has 0 aliphatic rings. The van der Waals surface area contributed by atoms with Crippen LogP contribution in [0.25, 0.3) is 11.0 Å². The van der Waals surface area contributed by atoms with Crippen LogP contribution in [0.2, 0.25) is 0 Å². The first-order chi connectivity index (χ1) is 10.4. The van der Waals surface area contributed by atoms with Crippen molar-refractivity contribution < 1.29 is 13.5 Å². The second-order valence-electron chi connectivity index (χ2n) is 5.16. The Balaban J connectivity index is 1.85. The van der Waals surface area contributed by atoms with Gasteiger partial charge in [-0.25, -0.2) is 18.1 Å². The molecule has 3 N–H and O–H groups in total. The van der Waals surface area contributed by atoms with Crippen LogP contribution in [0.3, 0.4) is 0 Å². The molecule has 0 unspecified atom stereocenters. The normalized spacial score (nSPS) is 15.0. The quantitative estimate of drug-likeness (QED) is 0.662. The zero-order valence-corrected chi connectivity index (χ0v) is 13.4. The summed E-state index contributed by atoms with van der Waals surface area (Å²) in [5.41, 5.74) is -0.0782. The van der Waals surface area contributed by atoms with E-state index >= 15 is 0 Å². The van der Waals surface area contributed by atoms with Gasteiger partial charge in [-0.05, 0) is 41.4 Å². The van der Waals surface area contributed by atoms with E-state index in [1.54, 1.807) is 36.7 Å². The van der Waals surface area contributed by atoms with Gasteiger partial charge in [-0.1, -0.05) is 0 Å². The Kier molecular flexibility index (Phi) is 3.77. The third-order valence-corrected chi connectivity index (χ3v) is 5.58. The Morgan fingerprint density at radius 2 is 2.27 bits per heavy atom. The number of hydrogen-bond acceptors (Lipinski definition) is 5. The molecule has 0 bridgehead atoms. The van der Waals surface area contributed by atoms with Crippen molar-refractivity contribution in [2.24, 2.45) is 0 Å². The highest BCUT2D eigenvalue weighted by molar-refractivity contribution is 7.89. The third kappa shape index (κ3) is 2.78. The highest BCUT2D eigenvalue weighted by atomic mass is 32.2. The lowest BCUT2D eigenvalue weighted by atomic mass is 10.0. The number of rotatable bonds is 5. The first-order valence-corrected chi connectivity index (χ1v) is 8.99. The Morgan fingerprint density at radius 1 is 1.45 bits per heavy atom. The molecular weight excluding hydrogens is 322 g/mol. The summed E-state index contributed by atoms with van der Waals surface area (Å²) in [6.45, 7) is 1.47. The number of nitrogens with zero attached hydrogens (tertiary/aromatic N) is 1. The maximum absolute atomic E-state index is 12.5. The van der Waals surface area contributed by atoms with Gasteiger partial charge in [-0.2, -0.15) is 11.3 Å². The average molecular weight is 337 g/mol. The van der Waals surface area contributed by atoms with Crippen molar-refractivity contribution in [2.75, 3.05) is 6.54 Å². The molecule has 3 rings (SSSR count). The summed E-state index contributed by atoms with van der Waals surface area (Å²) >= 11 is 1.45. The fourth-order valence-corrected chi connectivity index (χ4v) is 4.22. The van der Waals surface area contributed by atoms with Gasteiger partial charge < -0.3 is 10.1 Å². The summed E-state index contributed by atoms with van der Waals surface area (Å²) in [7, 11) is -3.75. The van der Waals surface area contributed by atoms with Gasteiger partial charge in [0, 0.05) is 24.3 Å². The summed E-state index contributed by atoms with van der Waals surface area (Å²) in [5, 5.41) is 14.6. The van der Waals surface area contributed by atoms with E-state index in [1.165, 1.54) is 17.5 Å². The largest absolute Gasteiger partial charge is 0.384 e. The molecule has 116 valence electrons. The van der Waals surface area contributed by atoms with Gasteiger partial charge in [0.15, 0.2) is 0 Å². The molecule has 0 aliphatic carbocycles. The van der Waals surface area contributed by atoms with Crippen LogP contribution in [-0.4, -0.2) is 30.0 Å². The molecule has 1 atom stereocenters. The summed E-state index contributed by atoms with van der Waals surface area (Å²) in [5.74, 6) is 0. The summed E-state index contributed by atoms with van der Waals surface area (Å²) < 4.78 is 27.4. The number of H-pyrrole nitrogens is 1. The number of nitrogens with one attached hydrogen (secondary N) is 2. The molecule has 0 spiro atoms. The fourth-order valence-electron chi connectivity index (χ4n) is 2.14. The van der Waals surface area contributed by atoms with Crippen LogP contribution in [0.15, 0.2) is 46.2 Å². The minimum Gasteiger partial charge on any atom is -0.384 e. The molecule has 0 radical (unpaired) electrons. The van der Waals surface area contributed by atoms with Crippen molar-refractivity contribution in [3.8, 4) is 0 Å². The van der Waals surface area contributed by atoms with E-state index < -0.39 is 15.6 Å². The lowest BCUT2D eigenvalue weighted by molar-refractivity contribution is 0.0632. The molecule has 3 aromatic rings. The number of pyridine rings is 1. The van der Waals surface area contributed by atoms with E-state index in [-0.39, 0.29) is 11.4 Å². The van der Waals surface area contributed by atoms with E-state index in [1.807, 2.05) is 5.38 Å². The van der Waals surface area contributed by atoms with Crippen molar-refractivity contribution in [3.05, 3.63) is 46.9 Å². The van der Waals surface area contributed by atoms with Gasteiger partial charge in [0.05, 0.1) is 0 Å². The molecule has 0 saturated heterocycles. The van der Waals surface area contributed by atoms with Gasteiger partial charge in [0.25, 0.3) is 0 Å². The molecule has 22 heavy (non-hydrogen) atoms. The van der Waals surface area contributed by atoms with E-state index in [0.717, 1.165) is 0 Å². The van der Waals surface area contributed by atoms with Crippen molar-refractivity contribution in [1.29, 1.82) is 0 Å². The molecular formula is C14H15N3O3S2. The van der Waals surface area contributed by atoms with Crippen LogP contribution in [0.4, 0.5) is 0 Å². The van der Waals surface area contributed by atoms with Crippen LogP contribution in [-0.2, 0) is 15.6 Å². The standard InChI is InChI=1S/C14H15N3O3S2/c1-14(18,10-4-6-21-8-10)9-17-22(19,20)12-7-16-13-11(12)3-2-5-15-13/h2-8,17-18H,9H2,1H3,(H,15,16)/t14-/m1/s1. The average Bonchev–Trinajstić information content (AvgIpc) is 3.15. The fraction of sp³-hybridized carbons (Fsp3) is 0.214. The van der Waals surface area contributed by atoms with Gasteiger partial charge in [0.2, 0.25) is 10.0 Å². The SMILES string of the molecule is C[C@@](O)(CNS(=O)(=O)c1c[nH]c2ncccc12)c1ccsc1. The van der Waals surface area contributed by atoms with Crippen LogP contribution < -0.4 is 4.72 Å². The van der Waals surface area contributed by atoms with Crippen LogP contribution in [0.1, 0.15) is 12.5 Å². The Hall–Kier alpha value is -1.74. The van der Waals surface area contributed by atoms with Crippen molar-refractivity contribution in [2.45, 2.75) is 17.4 Å². The van der Waals surface area contributed by atoms with Crippen molar-refractivity contribution in [3.63, 3.8) is 0 Å². The number of aliphatic hydroxyl groups is 1. The third-order valence-electron chi connectivity index (χ3n) is 3.45. The predicted octanol–water partition coefficient (Wildman–Crippen LogP) is 1.81. The minimum atomic E-state index is -3.75. The van der Waals surface area contributed by atoms with Gasteiger partial charge in [-0.15, -0.1) is 0 Å². The number of fused-ring (bicyclic) bond motifs is 1. The minimum absolute atomic E-state index is 0.112. The number of aromatic nitrogens is 2. The first-order valence-electron chi connectivity index (χ1n) is 6.57. The van der Waals surface area contributed by atoms with Crippen molar-refractivity contribution in [1.82, 2.24) is 14.7 Å². The molecule has 6 nitrogen and oxygen atoms in total. The van der Waals surface area contributed by atoms with E-state index in [0.29, 0.717) is 16.6 Å². The maximum atomic E-state index is 12.5. The molecule has 0 aliphatic heterocycles. The number of thiophene rings is 1. The molecule has 0 fully saturated rings. The van der Waals surface area contributed by atoms with Gasteiger partial charge >= 0.3 is 0 Å². The van der Waals surface area contributed by atoms with E-state index in [9.17, 15) is 13.5 Å². The van der Waals surface area contributed by atoms with Crippen LogP contribution in [0, 0.1) is 0 Å². The maximum Gasteiger partial charge on any atom is 0.242 e. The molecule has 3 heterocycles. The number of sulfonamides is 1. The monoisotopic (exact) mass is 337 g/mol. The second-order valence-corrected chi connectivity index (χ2v) is 7.68. The predicted molar refractivity (Wildman–Crippen MR) is 85.2 cm³/mol. The summed E-state index contributed by atoms with van der Waals surface area (Å²) in [6, 6.07) is 5.13. The van der Waals surface area contributed by atoms with E-state index in [2.05, 4.69) is 14.7 Å². The molecule has 0 amide bonds. The number of hydrogen-bond donors (Lipinski definition) is 3. The van der Waals surface area contributed by atoms with Crippen LogP contribution >= 0.6 is 11.3 Å². The Bertz CT molecular complexity index is 883. The van der Waals surface area contributed by atoms with Crippen molar-refractivity contribution >= 4 is 32.4 Å². The van der Waals surface area contributed by atoms with E-state index in [4.69, 9.17) is 0 Å². The first kappa shape index (κ1) is 15.2. The molecule has 3 aromatic heterocycles. The van der Waals surface area contributed by atoms with Crippen LogP contribution in [0.5, 0.6) is 0 Å². The number of aromatic amines is 1. The highest BCUT2D eigenvalue weighted by Crippen LogP contribution is 2.24. The second kappa shape index (κ2) is 5.47. The highest BCUT2D eigenvalue weighted by Gasteiger charge is 2.27. The molecule has 0 saturated carbocycles. The Morgan fingerprint density at radius 3 is 3.00 bits per heavy atom. The lowest BCUT2D eigenvalue weighted by Gasteiger charge is -2.22. The van der Waals surface area contributed by atoms with Gasteiger partial charge in [0.1, 0.15) is 16.1 Å². The smallest absolute Gasteiger partial charge is 0.242 e.